The molecule has 2 heteroatoms. The summed E-state index contributed by atoms with van der Waals surface area (Å²) in [7, 11) is 1.65. The van der Waals surface area contributed by atoms with Gasteiger partial charge in [0, 0.05) is 5.56 Å². The van der Waals surface area contributed by atoms with Gasteiger partial charge in [-0.05, 0) is 24.0 Å². The fourth-order valence-electron chi connectivity index (χ4n) is 1.77. The minimum atomic E-state index is -0.0753. The molecular formula is C14H19NO. The maximum Gasteiger partial charge on any atom is 0.123 e. The molecular weight excluding hydrogens is 198 g/mol. The first-order valence-corrected chi connectivity index (χ1v) is 5.71. The van der Waals surface area contributed by atoms with E-state index < -0.39 is 0 Å². The molecule has 0 saturated heterocycles. The van der Waals surface area contributed by atoms with Crippen LogP contribution < -0.4 is 4.74 Å². The topological polar surface area (TPSA) is 33.0 Å². The highest BCUT2D eigenvalue weighted by Crippen LogP contribution is 2.31. The van der Waals surface area contributed by atoms with Gasteiger partial charge in [0.25, 0.3) is 0 Å². The van der Waals surface area contributed by atoms with Crippen molar-refractivity contribution in [2.75, 3.05) is 7.11 Å². The number of methoxy groups -OCH3 is 1. The summed E-state index contributed by atoms with van der Waals surface area (Å²) in [5.74, 6) is 1.22. The van der Waals surface area contributed by atoms with E-state index in [1.807, 2.05) is 13.0 Å². The summed E-state index contributed by atoms with van der Waals surface area (Å²) in [4.78, 5) is 0. The molecule has 1 aromatic rings. The number of hydrogen-bond acceptors (Lipinski definition) is 2. The average molecular weight is 217 g/mol. The van der Waals surface area contributed by atoms with E-state index in [2.05, 4.69) is 32.0 Å². The average Bonchev–Trinajstić information content (AvgIpc) is 2.30. The molecule has 0 spiro atoms. The van der Waals surface area contributed by atoms with E-state index in [1.54, 1.807) is 7.11 Å². The van der Waals surface area contributed by atoms with Crippen molar-refractivity contribution < 1.29 is 4.74 Å². The summed E-state index contributed by atoms with van der Waals surface area (Å²) in [5.41, 5.74) is 2.27. The SMILES string of the molecule is CCC(C#N)c1cc(C(C)C)ccc1OC. The monoisotopic (exact) mass is 217 g/mol. The highest BCUT2D eigenvalue weighted by atomic mass is 16.5. The molecule has 0 aliphatic carbocycles. The summed E-state index contributed by atoms with van der Waals surface area (Å²) in [5, 5.41) is 9.12. The van der Waals surface area contributed by atoms with Crippen LogP contribution in [0.4, 0.5) is 0 Å². The first-order chi connectivity index (χ1) is 7.63. The van der Waals surface area contributed by atoms with Crippen LogP contribution in [0, 0.1) is 11.3 Å². The Morgan fingerprint density at radius 1 is 1.38 bits per heavy atom. The number of nitrogens with zero attached hydrogens (tertiary/aromatic N) is 1. The summed E-state index contributed by atoms with van der Waals surface area (Å²) >= 11 is 0. The highest BCUT2D eigenvalue weighted by Gasteiger charge is 2.15. The van der Waals surface area contributed by atoms with Crippen molar-refractivity contribution in [2.45, 2.75) is 39.0 Å². The van der Waals surface area contributed by atoms with Crippen LogP contribution in [0.3, 0.4) is 0 Å². The summed E-state index contributed by atoms with van der Waals surface area (Å²) in [6.07, 6.45) is 0.814. The molecule has 0 aromatic heterocycles. The number of nitriles is 1. The maximum atomic E-state index is 9.12. The molecule has 0 fully saturated rings. The summed E-state index contributed by atoms with van der Waals surface area (Å²) in [6.45, 7) is 6.33. The van der Waals surface area contributed by atoms with Crippen LogP contribution in [0.15, 0.2) is 18.2 Å². The lowest BCUT2D eigenvalue weighted by molar-refractivity contribution is 0.407. The van der Waals surface area contributed by atoms with E-state index in [0.29, 0.717) is 5.92 Å². The molecule has 0 radical (unpaired) electrons. The zero-order valence-corrected chi connectivity index (χ0v) is 10.4. The van der Waals surface area contributed by atoms with Gasteiger partial charge in [-0.3, -0.25) is 0 Å². The fraction of sp³-hybridized carbons (Fsp3) is 0.500. The third kappa shape index (κ3) is 2.55. The third-order valence-corrected chi connectivity index (χ3v) is 2.86. The molecule has 0 bridgehead atoms. The Morgan fingerprint density at radius 3 is 2.50 bits per heavy atom. The maximum absolute atomic E-state index is 9.12. The van der Waals surface area contributed by atoms with E-state index in [4.69, 9.17) is 10.00 Å². The second-order valence-corrected chi connectivity index (χ2v) is 4.25. The Labute approximate surface area is 97.9 Å². The van der Waals surface area contributed by atoms with E-state index in [0.717, 1.165) is 17.7 Å². The van der Waals surface area contributed by atoms with E-state index in [-0.39, 0.29) is 5.92 Å². The predicted octanol–water partition coefficient (Wildman–Crippen LogP) is 3.84. The summed E-state index contributed by atoms with van der Waals surface area (Å²) in [6, 6.07) is 8.46. The van der Waals surface area contributed by atoms with E-state index in [9.17, 15) is 0 Å². The number of rotatable bonds is 4. The van der Waals surface area contributed by atoms with Gasteiger partial charge in [0.2, 0.25) is 0 Å². The second kappa shape index (κ2) is 5.55. The largest absolute Gasteiger partial charge is 0.496 e. The Balaban J connectivity index is 3.22. The van der Waals surface area contributed by atoms with Gasteiger partial charge in [-0.1, -0.05) is 32.9 Å². The normalized spacial score (nSPS) is 12.2. The lowest BCUT2D eigenvalue weighted by Gasteiger charge is -2.15. The summed E-state index contributed by atoms with van der Waals surface area (Å²) < 4.78 is 5.31. The van der Waals surface area contributed by atoms with Crippen LogP contribution in [0.1, 0.15) is 50.2 Å². The smallest absolute Gasteiger partial charge is 0.123 e. The molecule has 0 saturated carbocycles. The molecule has 1 rings (SSSR count). The molecule has 86 valence electrons. The Hall–Kier alpha value is -1.49. The van der Waals surface area contributed by atoms with Crippen molar-refractivity contribution in [2.24, 2.45) is 0 Å². The zero-order chi connectivity index (χ0) is 12.1. The van der Waals surface area contributed by atoms with Gasteiger partial charge in [0.1, 0.15) is 5.75 Å². The first-order valence-electron chi connectivity index (χ1n) is 5.71. The molecule has 1 aromatic carbocycles. The zero-order valence-electron chi connectivity index (χ0n) is 10.4. The van der Waals surface area contributed by atoms with E-state index in [1.165, 1.54) is 5.56 Å². The van der Waals surface area contributed by atoms with Crippen LogP contribution in [-0.4, -0.2) is 7.11 Å². The number of benzene rings is 1. The molecule has 0 aliphatic heterocycles. The van der Waals surface area contributed by atoms with Crippen LogP contribution in [0.2, 0.25) is 0 Å². The molecule has 0 N–H and O–H groups in total. The van der Waals surface area contributed by atoms with Crippen molar-refractivity contribution >= 4 is 0 Å². The highest BCUT2D eigenvalue weighted by molar-refractivity contribution is 5.42. The van der Waals surface area contributed by atoms with Gasteiger partial charge in [0.05, 0.1) is 19.1 Å². The fourth-order valence-corrected chi connectivity index (χ4v) is 1.77. The van der Waals surface area contributed by atoms with Crippen LogP contribution in [0.5, 0.6) is 5.75 Å². The van der Waals surface area contributed by atoms with Gasteiger partial charge >= 0.3 is 0 Å². The minimum absolute atomic E-state index is 0.0753. The van der Waals surface area contributed by atoms with Gasteiger partial charge < -0.3 is 4.74 Å². The van der Waals surface area contributed by atoms with Crippen molar-refractivity contribution in [3.8, 4) is 11.8 Å². The third-order valence-electron chi connectivity index (χ3n) is 2.86. The van der Waals surface area contributed by atoms with Crippen LogP contribution >= 0.6 is 0 Å². The number of ether oxygens (including phenoxy) is 1. The Morgan fingerprint density at radius 2 is 2.06 bits per heavy atom. The lowest BCUT2D eigenvalue weighted by Crippen LogP contribution is -2.00. The van der Waals surface area contributed by atoms with Crippen molar-refractivity contribution in [1.29, 1.82) is 5.26 Å². The lowest BCUT2D eigenvalue weighted by atomic mass is 9.92. The Bertz CT molecular complexity index is 390. The molecule has 16 heavy (non-hydrogen) atoms. The molecule has 0 heterocycles. The second-order valence-electron chi connectivity index (χ2n) is 4.25. The Kier molecular flexibility index (Phi) is 4.37. The van der Waals surface area contributed by atoms with Crippen molar-refractivity contribution in [3.05, 3.63) is 29.3 Å². The first kappa shape index (κ1) is 12.6. The molecule has 1 atom stereocenters. The van der Waals surface area contributed by atoms with Crippen molar-refractivity contribution in [3.63, 3.8) is 0 Å². The van der Waals surface area contributed by atoms with Gasteiger partial charge in [-0.2, -0.15) is 5.26 Å². The predicted molar refractivity (Wildman–Crippen MR) is 65.7 cm³/mol. The minimum Gasteiger partial charge on any atom is -0.496 e. The van der Waals surface area contributed by atoms with Crippen LogP contribution in [-0.2, 0) is 0 Å². The molecule has 0 amide bonds. The standard InChI is InChI=1S/C14H19NO/c1-5-11(9-15)13-8-12(10(2)3)6-7-14(13)16-4/h6-8,10-11H,5H2,1-4H3. The quantitative estimate of drug-likeness (QED) is 0.767. The van der Waals surface area contributed by atoms with Crippen molar-refractivity contribution in [1.82, 2.24) is 0 Å². The molecule has 0 aliphatic rings. The van der Waals surface area contributed by atoms with Crippen LogP contribution in [0.25, 0.3) is 0 Å². The molecule has 1 unspecified atom stereocenters. The van der Waals surface area contributed by atoms with Gasteiger partial charge in [-0.25, -0.2) is 0 Å². The van der Waals surface area contributed by atoms with Gasteiger partial charge in [0.15, 0.2) is 0 Å². The number of hydrogen-bond donors (Lipinski definition) is 0. The molecule has 2 nitrogen and oxygen atoms in total. The van der Waals surface area contributed by atoms with E-state index >= 15 is 0 Å². The van der Waals surface area contributed by atoms with Gasteiger partial charge in [-0.15, -0.1) is 0 Å².